The molecule has 1 saturated heterocycles. The van der Waals surface area contributed by atoms with Crippen molar-refractivity contribution in [1.82, 2.24) is 10.6 Å². The van der Waals surface area contributed by atoms with Gasteiger partial charge in [-0.2, -0.15) is 0 Å². The van der Waals surface area contributed by atoms with E-state index in [0.717, 1.165) is 37.1 Å². The van der Waals surface area contributed by atoms with Crippen LogP contribution in [0.3, 0.4) is 0 Å². The predicted molar refractivity (Wildman–Crippen MR) is 96.2 cm³/mol. The summed E-state index contributed by atoms with van der Waals surface area (Å²) < 4.78 is 5.70. The lowest BCUT2D eigenvalue weighted by Gasteiger charge is -2.29. The normalized spacial score (nSPS) is 21.9. The summed E-state index contributed by atoms with van der Waals surface area (Å²) in [5.41, 5.74) is 1.07. The smallest absolute Gasteiger partial charge is 0.223 e. The van der Waals surface area contributed by atoms with Crippen molar-refractivity contribution in [3.63, 3.8) is 0 Å². The zero-order chi connectivity index (χ0) is 15.9. The zero-order valence-corrected chi connectivity index (χ0v) is 15.1. The van der Waals surface area contributed by atoms with E-state index in [9.17, 15) is 4.79 Å². The van der Waals surface area contributed by atoms with E-state index in [-0.39, 0.29) is 30.3 Å². The van der Waals surface area contributed by atoms with E-state index in [1.165, 1.54) is 0 Å². The van der Waals surface area contributed by atoms with Crippen LogP contribution in [0.2, 0.25) is 0 Å². The maximum Gasteiger partial charge on any atom is 0.223 e. The number of nitrogens with one attached hydrogen (secondary N) is 2. The first-order valence-electron chi connectivity index (χ1n) is 8.41. The number of ether oxygens (including phenoxy) is 1. The molecule has 1 amide bonds. The van der Waals surface area contributed by atoms with Crippen LogP contribution in [0.1, 0.15) is 51.6 Å². The number of benzene rings is 1. The van der Waals surface area contributed by atoms with Gasteiger partial charge in [-0.05, 0) is 45.7 Å². The van der Waals surface area contributed by atoms with E-state index in [1.807, 2.05) is 31.2 Å². The monoisotopic (exact) mass is 340 g/mol. The number of para-hydroxylation sites is 1. The van der Waals surface area contributed by atoms with Gasteiger partial charge >= 0.3 is 0 Å². The van der Waals surface area contributed by atoms with Crippen LogP contribution in [0.25, 0.3) is 0 Å². The number of rotatable bonds is 6. The van der Waals surface area contributed by atoms with Gasteiger partial charge in [0, 0.05) is 17.5 Å². The lowest BCUT2D eigenvalue weighted by atomic mass is 9.91. The Morgan fingerprint density at radius 3 is 2.78 bits per heavy atom. The van der Waals surface area contributed by atoms with Crippen molar-refractivity contribution in [3.8, 4) is 5.75 Å². The summed E-state index contributed by atoms with van der Waals surface area (Å²) in [5.74, 6) is 1.16. The number of carbonyl (C=O) groups excluding carboxylic acids is 1. The fraction of sp³-hybridized carbons (Fsp3) is 0.611. The lowest BCUT2D eigenvalue weighted by Crippen LogP contribution is -2.43. The second-order valence-electron chi connectivity index (χ2n) is 6.02. The first-order valence-corrected chi connectivity index (χ1v) is 8.41. The number of amides is 1. The van der Waals surface area contributed by atoms with Crippen LogP contribution in [0.15, 0.2) is 24.3 Å². The molecular weight excluding hydrogens is 312 g/mol. The molecular formula is C18H29ClN2O2. The van der Waals surface area contributed by atoms with E-state index in [1.54, 1.807) is 0 Å². The number of hydrogen-bond donors (Lipinski definition) is 2. The summed E-state index contributed by atoms with van der Waals surface area (Å²) in [4.78, 5) is 12.6. The first kappa shape index (κ1) is 19.8. The Bertz CT molecular complexity index is 496. The highest BCUT2D eigenvalue weighted by molar-refractivity contribution is 5.85. The summed E-state index contributed by atoms with van der Waals surface area (Å²) in [6.07, 6.45) is 2.69. The molecule has 0 saturated carbocycles. The molecule has 130 valence electrons. The van der Waals surface area contributed by atoms with Gasteiger partial charge in [-0.15, -0.1) is 12.4 Å². The molecule has 1 unspecified atom stereocenters. The van der Waals surface area contributed by atoms with Crippen LogP contribution in [0.5, 0.6) is 5.75 Å². The second-order valence-corrected chi connectivity index (χ2v) is 6.02. The first-order chi connectivity index (χ1) is 10.7. The van der Waals surface area contributed by atoms with Gasteiger partial charge in [-0.1, -0.05) is 25.1 Å². The molecule has 0 spiro atoms. The molecule has 3 atom stereocenters. The van der Waals surface area contributed by atoms with Crippen molar-refractivity contribution in [1.29, 1.82) is 0 Å². The summed E-state index contributed by atoms with van der Waals surface area (Å²) in [7, 11) is 0. The molecule has 0 aliphatic carbocycles. The van der Waals surface area contributed by atoms with Crippen molar-refractivity contribution in [3.05, 3.63) is 29.8 Å². The SMILES string of the molecule is CCOc1ccccc1C(CC)NC(=O)[C@H]1CCN[C@@H](C)C1.Cl. The summed E-state index contributed by atoms with van der Waals surface area (Å²) in [6.45, 7) is 7.77. The van der Waals surface area contributed by atoms with Crippen LogP contribution in [-0.4, -0.2) is 25.1 Å². The highest BCUT2D eigenvalue weighted by Crippen LogP contribution is 2.28. The standard InChI is InChI=1S/C18H28N2O2.ClH/c1-4-16(15-8-6-7-9-17(15)22-5-2)20-18(21)14-10-11-19-13(3)12-14;/h6-9,13-14,16,19H,4-5,10-12H2,1-3H3,(H,20,21);1H/t13-,14-,16?;/m0./s1. The average molecular weight is 341 g/mol. The van der Waals surface area contributed by atoms with Gasteiger partial charge in [0.05, 0.1) is 12.6 Å². The van der Waals surface area contributed by atoms with Crippen LogP contribution in [0.4, 0.5) is 0 Å². The molecule has 1 aliphatic rings. The molecule has 1 aromatic carbocycles. The van der Waals surface area contributed by atoms with Gasteiger partial charge in [0.15, 0.2) is 0 Å². The Labute approximate surface area is 145 Å². The van der Waals surface area contributed by atoms with E-state index in [4.69, 9.17) is 4.74 Å². The third kappa shape index (κ3) is 5.40. The summed E-state index contributed by atoms with van der Waals surface area (Å²) >= 11 is 0. The number of hydrogen-bond acceptors (Lipinski definition) is 3. The minimum atomic E-state index is 0. The van der Waals surface area contributed by atoms with Gasteiger partial charge in [0.1, 0.15) is 5.75 Å². The Morgan fingerprint density at radius 1 is 1.39 bits per heavy atom. The minimum Gasteiger partial charge on any atom is -0.494 e. The van der Waals surface area contributed by atoms with Crippen LogP contribution in [-0.2, 0) is 4.79 Å². The van der Waals surface area contributed by atoms with Crippen molar-refractivity contribution in [2.75, 3.05) is 13.2 Å². The molecule has 0 radical (unpaired) electrons. The van der Waals surface area contributed by atoms with Crippen molar-refractivity contribution in [2.24, 2.45) is 5.92 Å². The van der Waals surface area contributed by atoms with E-state index in [2.05, 4.69) is 24.5 Å². The quantitative estimate of drug-likeness (QED) is 0.833. The molecule has 4 nitrogen and oxygen atoms in total. The molecule has 1 heterocycles. The van der Waals surface area contributed by atoms with Gasteiger partial charge in [0.25, 0.3) is 0 Å². The third-order valence-corrected chi connectivity index (χ3v) is 4.31. The number of piperidine rings is 1. The number of carbonyl (C=O) groups is 1. The van der Waals surface area contributed by atoms with Crippen molar-refractivity contribution < 1.29 is 9.53 Å². The Balaban J connectivity index is 0.00000264. The Morgan fingerprint density at radius 2 is 2.13 bits per heavy atom. The van der Waals surface area contributed by atoms with Crippen LogP contribution in [0, 0.1) is 5.92 Å². The second kappa shape index (κ2) is 9.78. The maximum atomic E-state index is 12.6. The zero-order valence-electron chi connectivity index (χ0n) is 14.3. The molecule has 0 bridgehead atoms. The van der Waals surface area contributed by atoms with Crippen LogP contribution >= 0.6 is 12.4 Å². The predicted octanol–water partition coefficient (Wildman–Crippen LogP) is 3.46. The molecule has 2 rings (SSSR count). The highest BCUT2D eigenvalue weighted by Gasteiger charge is 2.27. The minimum absolute atomic E-state index is 0. The van der Waals surface area contributed by atoms with E-state index in [0.29, 0.717) is 12.6 Å². The van der Waals surface area contributed by atoms with E-state index < -0.39 is 0 Å². The summed E-state index contributed by atoms with van der Waals surface area (Å²) in [6, 6.07) is 8.42. The van der Waals surface area contributed by atoms with Gasteiger partial charge in [0.2, 0.25) is 5.91 Å². The molecule has 1 fully saturated rings. The third-order valence-electron chi connectivity index (χ3n) is 4.31. The van der Waals surface area contributed by atoms with Gasteiger partial charge in [-0.3, -0.25) is 4.79 Å². The van der Waals surface area contributed by atoms with Crippen LogP contribution < -0.4 is 15.4 Å². The van der Waals surface area contributed by atoms with Gasteiger partial charge < -0.3 is 15.4 Å². The van der Waals surface area contributed by atoms with E-state index >= 15 is 0 Å². The highest BCUT2D eigenvalue weighted by atomic mass is 35.5. The van der Waals surface area contributed by atoms with Crippen molar-refractivity contribution >= 4 is 18.3 Å². The molecule has 0 aromatic heterocycles. The molecule has 2 N–H and O–H groups in total. The fourth-order valence-corrected chi connectivity index (χ4v) is 3.11. The molecule has 1 aliphatic heterocycles. The topological polar surface area (TPSA) is 50.4 Å². The van der Waals surface area contributed by atoms with Crippen molar-refractivity contribution in [2.45, 2.75) is 52.1 Å². The number of halogens is 1. The van der Waals surface area contributed by atoms with Gasteiger partial charge in [-0.25, -0.2) is 0 Å². The maximum absolute atomic E-state index is 12.6. The largest absolute Gasteiger partial charge is 0.494 e. The Kier molecular flexibility index (Phi) is 8.42. The molecule has 23 heavy (non-hydrogen) atoms. The average Bonchev–Trinajstić information content (AvgIpc) is 2.53. The lowest BCUT2D eigenvalue weighted by molar-refractivity contribution is -0.126. The fourth-order valence-electron chi connectivity index (χ4n) is 3.11. The molecule has 1 aromatic rings. The molecule has 5 heteroatoms. The summed E-state index contributed by atoms with van der Waals surface area (Å²) in [5, 5.41) is 6.62. The Hall–Kier alpha value is -1.26.